The van der Waals surface area contributed by atoms with Crippen LogP contribution in [-0.4, -0.2) is 55.9 Å². The molecule has 0 aromatic heterocycles. The van der Waals surface area contributed by atoms with Crippen LogP contribution in [0, 0.1) is 5.82 Å². The molecule has 10 heteroatoms. The summed E-state index contributed by atoms with van der Waals surface area (Å²) in [5.74, 6) is -2.01. The van der Waals surface area contributed by atoms with Gasteiger partial charge >= 0.3 is 5.97 Å². The van der Waals surface area contributed by atoms with E-state index < -0.39 is 21.9 Å². The maximum absolute atomic E-state index is 13.2. The maximum Gasteiger partial charge on any atom is 0.335 e. The second-order valence-corrected chi connectivity index (χ2v) is 9.67. The summed E-state index contributed by atoms with van der Waals surface area (Å²) in [6.45, 7) is 1.39. The number of nitrogens with zero attached hydrogens (tertiary/aromatic N) is 2. The molecule has 0 bridgehead atoms. The quantitative estimate of drug-likeness (QED) is 0.557. The largest absolute Gasteiger partial charge is 0.478 e. The van der Waals surface area contributed by atoms with E-state index >= 15 is 0 Å². The lowest BCUT2D eigenvalue weighted by atomic mass is 10.2. The van der Waals surface area contributed by atoms with Crippen LogP contribution in [0.15, 0.2) is 77.7 Å². The van der Waals surface area contributed by atoms with Crippen molar-refractivity contribution in [1.29, 1.82) is 0 Å². The van der Waals surface area contributed by atoms with Gasteiger partial charge in [-0.05, 0) is 60.7 Å². The van der Waals surface area contributed by atoms with Gasteiger partial charge in [0.25, 0.3) is 5.91 Å². The number of piperazine rings is 1. The van der Waals surface area contributed by atoms with E-state index in [4.69, 9.17) is 5.11 Å². The number of anilines is 2. The Morgan fingerprint density at radius 1 is 0.853 bits per heavy atom. The normalized spacial score (nSPS) is 14.6. The molecule has 1 aliphatic rings. The molecule has 0 spiro atoms. The van der Waals surface area contributed by atoms with Crippen LogP contribution in [0.3, 0.4) is 0 Å². The number of sulfonamides is 1. The van der Waals surface area contributed by atoms with Crippen LogP contribution in [0.4, 0.5) is 15.8 Å². The van der Waals surface area contributed by atoms with Crippen molar-refractivity contribution >= 4 is 33.3 Å². The molecule has 1 saturated heterocycles. The fraction of sp³-hybridized carbons (Fsp3) is 0.167. The summed E-state index contributed by atoms with van der Waals surface area (Å²) in [4.78, 5) is 25.8. The zero-order valence-corrected chi connectivity index (χ0v) is 18.8. The van der Waals surface area contributed by atoms with Gasteiger partial charge in [-0.25, -0.2) is 17.6 Å². The van der Waals surface area contributed by atoms with Gasteiger partial charge in [-0.2, -0.15) is 4.31 Å². The Kier molecular flexibility index (Phi) is 6.62. The molecule has 0 saturated carbocycles. The molecule has 3 aromatic rings. The number of nitrogens with one attached hydrogen (secondary N) is 1. The number of hydrogen-bond acceptors (Lipinski definition) is 5. The van der Waals surface area contributed by atoms with Gasteiger partial charge in [0.2, 0.25) is 10.0 Å². The number of aromatic carboxylic acids is 1. The molecule has 34 heavy (non-hydrogen) atoms. The highest BCUT2D eigenvalue weighted by atomic mass is 32.2. The Morgan fingerprint density at radius 3 is 2.18 bits per heavy atom. The molecule has 176 valence electrons. The van der Waals surface area contributed by atoms with E-state index in [2.05, 4.69) is 5.32 Å². The molecular formula is C24H22FN3O5S. The molecule has 1 amide bonds. The minimum Gasteiger partial charge on any atom is -0.478 e. The minimum absolute atomic E-state index is 0.00494. The van der Waals surface area contributed by atoms with Crippen LogP contribution >= 0.6 is 0 Å². The average molecular weight is 484 g/mol. The third-order valence-electron chi connectivity index (χ3n) is 5.53. The van der Waals surface area contributed by atoms with Gasteiger partial charge in [-0.1, -0.05) is 12.1 Å². The van der Waals surface area contributed by atoms with Crippen LogP contribution in [0.2, 0.25) is 0 Å². The zero-order chi connectivity index (χ0) is 24.3. The molecule has 8 nitrogen and oxygen atoms in total. The van der Waals surface area contributed by atoms with E-state index in [1.165, 1.54) is 58.9 Å². The molecular weight excluding hydrogens is 461 g/mol. The summed E-state index contributed by atoms with van der Waals surface area (Å²) in [7, 11) is -3.83. The van der Waals surface area contributed by atoms with Crippen LogP contribution < -0.4 is 10.2 Å². The van der Waals surface area contributed by atoms with Gasteiger partial charge in [-0.3, -0.25) is 4.79 Å². The lowest BCUT2D eigenvalue weighted by Gasteiger charge is -2.35. The number of carboxylic acids is 1. The number of amides is 1. The van der Waals surface area contributed by atoms with E-state index in [-0.39, 0.29) is 40.6 Å². The maximum atomic E-state index is 13.2. The van der Waals surface area contributed by atoms with Crippen LogP contribution in [-0.2, 0) is 10.0 Å². The highest BCUT2D eigenvalue weighted by Gasteiger charge is 2.29. The van der Waals surface area contributed by atoms with E-state index in [1.54, 1.807) is 18.2 Å². The lowest BCUT2D eigenvalue weighted by molar-refractivity contribution is 0.0696. The molecule has 1 aliphatic heterocycles. The SMILES string of the molecule is O=C(O)c1cccc(NC(=O)c2cccc(S(=O)(=O)N3CCN(c4ccc(F)cc4)CC3)c2)c1. The van der Waals surface area contributed by atoms with Gasteiger partial charge in [0.05, 0.1) is 10.5 Å². The molecule has 1 heterocycles. The molecule has 0 atom stereocenters. The Balaban J connectivity index is 1.46. The number of hydrogen-bond donors (Lipinski definition) is 2. The second-order valence-electron chi connectivity index (χ2n) is 7.74. The van der Waals surface area contributed by atoms with Crippen molar-refractivity contribution in [2.24, 2.45) is 0 Å². The predicted molar refractivity (Wildman–Crippen MR) is 125 cm³/mol. The van der Waals surface area contributed by atoms with E-state index in [0.717, 1.165) is 5.69 Å². The molecule has 1 fully saturated rings. The van der Waals surface area contributed by atoms with Crippen molar-refractivity contribution in [1.82, 2.24) is 4.31 Å². The smallest absolute Gasteiger partial charge is 0.335 e. The topological polar surface area (TPSA) is 107 Å². The third-order valence-corrected chi connectivity index (χ3v) is 7.43. The molecule has 3 aromatic carbocycles. The van der Waals surface area contributed by atoms with Crippen molar-refractivity contribution in [3.8, 4) is 0 Å². The van der Waals surface area contributed by atoms with Crippen LogP contribution in [0.1, 0.15) is 20.7 Å². The van der Waals surface area contributed by atoms with Gasteiger partial charge in [-0.15, -0.1) is 0 Å². The standard InChI is InChI=1S/C24H22FN3O5S/c25-19-7-9-21(10-8-19)27-11-13-28(14-12-27)34(32,33)22-6-2-3-17(16-22)23(29)26-20-5-1-4-18(15-20)24(30)31/h1-10,15-16H,11-14H2,(H,26,29)(H,30,31). The van der Waals surface area contributed by atoms with Crippen molar-refractivity contribution in [2.45, 2.75) is 4.90 Å². The number of carbonyl (C=O) groups is 2. The third kappa shape index (κ3) is 5.08. The minimum atomic E-state index is -3.83. The summed E-state index contributed by atoms with van der Waals surface area (Å²) in [5.41, 5.74) is 1.26. The predicted octanol–water partition coefficient (Wildman–Crippen LogP) is 3.29. The van der Waals surface area contributed by atoms with Crippen LogP contribution in [0.5, 0.6) is 0 Å². The number of benzene rings is 3. The first-order valence-electron chi connectivity index (χ1n) is 10.5. The highest BCUT2D eigenvalue weighted by Crippen LogP contribution is 2.22. The number of carboxylic acid groups (broad SMARTS) is 1. The van der Waals surface area contributed by atoms with Gasteiger partial charge in [0, 0.05) is 43.1 Å². The Labute approximate surface area is 196 Å². The van der Waals surface area contributed by atoms with Crippen molar-refractivity contribution in [3.63, 3.8) is 0 Å². The van der Waals surface area contributed by atoms with Gasteiger partial charge in [0.15, 0.2) is 0 Å². The summed E-state index contributed by atoms with van der Waals surface area (Å²) >= 11 is 0. The monoisotopic (exact) mass is 483 g/mol. The van der Waals surface area contributed by atoms with E-state index in [0.29, 0.717) is 13.1 Å². The van der Waals surface area contributed by atoms with Crippen molar-refractivity contribution in [3.05, 3.63) is 89.7 Å². The first-order valence-corrected chi connectivity index (χ1v) is 11.9. The summed E-state index contributed by atoms with van der Waals surface area (Å²) < 4.78 is 40.9. The summed E-state index contributed by atoms with van der Waals surface area (Å²) in [5, 5.41) is 11.7. The summed E-state index contributed by atoms with van der Waals surface area (Å²) in [6, 6.07) is 17.6. The van der Waals surface area contributed by atoms with E-state index in [9.17, 15) is 22.4 Å². The zero-order valence-electron chi connectivity index (χ0n) is 18.0. The van der Waals surface area contributed by atoms with Gasteiger partial charge < -0.3 is 15.3 Å². The number of rotatable bonds is 6. The molecule has 2 N–H and O–H groups in total. The molecule has 0 radical (unpaired) electrons. The number of halogens is 1. The highest BCUT2D eigenvalue weighted by molar-refractivity contribution is 7.89. The van der Waals surface area contributed by atoms with Crippen molar-refractivity contribution in [2.75, 3.05) is 36.4 Å². The van der Waals surface area contributed by atoms with E-state index in [1.807, 2.05) is 4.90 Å². The van der Waals surface area contributed by atoms with Gasteiger partial charge in [0.1, 0.15) is 5.82 Å². The van der Waals surface area contributed by atoms with Crippen molar-refractivity contribution < 1.29 is 27.5 Å². The second kappa shape index (κ2) is 9.62. The average Bonchev–Trinajstić information content (AvgIpc) is 2.85. The summed E-state index contributed by atoms with van der Waals surface area (Å²) in [6.07, 6.45) is 0. The lowest BCUT2D eigenvalue weighted by Crippen LogP contribution is -2.48. The molecule has 4 rings (SSSR count). The Hall–Kier alpha value is -3.76. The Morgan fingerprint density at radius 2 is 1.50 bits per heavy atom. The Bertz CT molecular complexity index is 1320. The number of carbonyl (C=O) groups excluding carboxylic acids is 1. The molecule has 0 aliphatic carbocycles. The first kappa shape index (κ1) is 23.4. The fourth-order valence-corrected chi connectivity index (χ4v) is 5.19. The first-order chi connectivity index (χ1) is 16.2. The molecule has 0 unspecified atom stereocenters. The van der Waals surface area contributed by atoms with Crippen LogP contribution in [0.25, 0.3) is 0 Å². The fourth-order valence-electron chi connectivity index (χ4n) is 3.72.